The van der Waals surface area contributed by atoms with E-state index >= 15 is 0 Å². The third kappa shape index (κ3) is 1.83. The molecule has 19 heavy (non-hydrogen) atoms. The summed E-state index contributed by atoms with van der Waals surface area (Å²) >= 11 is 0. The van der Waals surface area contributed by atoms with Crippen LogP contribution in [0.1, 0.15) is 16.1 Å². The molecule has 0 spiro atoms. The van der Waals surface area contributed by atoms with Crippen LogP contribution in [-0.2, 0) is 0 Å². The van der Waals surface area contributed by atoms with Gasteiger partial charge in [0.05, 0.1) is 17.0 Å². The summed E-state index contributed by atoms with van der Waals surface area (Å²) in [4.78, 5) is 19.2. The third-order valence-electron chi connectivity index (χ3n) is 2.91. The van der Waals surface area contributed by atoms with Gasteiger partial charge in [0.2, 0.25) is 0 Å². The van der Waals surface area contributed by atoms with Crippen LogP contribution in [0.5, 0.6) is 0 Å². The highest BCUT2D eigenvalue weighted by atomic mass is 16.4. The van der Waals surface area contributed by atoms with Gasteiger partial charge in [0.25, 0.3) is 0 Å². The minimum atomic E-state index is -1.01. The fourth-order valence-corrected chi connectivity index (χ4v) is 1.91. The number of aromatic nitrogens is 4. The zero-order chi connectivity index (χ0) is 13.4. The van der Waals surface area contributed by atoms with E-state index in [0.717, 1.165) is 5.56 Å². The smallest absolute Gasteiger partial charge is 0.339 e. The van der Waals surface area contributed by atoms with Crippen LogP contribution in [0.15, 0.2) is 36.8 Å². The van der Waals surface area contributed by atoms with Crippen molar-refractivity contribution in [2.75, 3.05) is 0 Å². The molecule has 6 heteroatoms. The number of hydrogen-bond acceptors (Lipinski definition) is 4. The second kappa shape index (κ2) is 4.16. The van der Waals surface area contributed by atoms with Crippen molar-refractivity contribution in [1.82, 2.24) is 19.6 Å². The van der Waals surface area contributed by atoms with E-state index in [9.17, 15) is 4.79 Å². The van der Waals surface area contributed by atoms with Gasteiger partial charge in [-0.3, -0.25) is 4.98 Å². The van der Waals surface area contributed by atoms with E-state index in [1.807, 2.05) is 12.1 Å². The Kier molecular flexibility index (Phi) is 2.49. The molecule has 0 unspecified atom stereocenters. The standard InChI is InChI=1S/C13H10N4O2/c1-8-10(13(18)19)7-15-12-5-11(16-17(8)12)9-3-2-4-14-6-9/h2-7H,1H3,(H,18,19). The van der Waals surface area contributed by atoms with Gasteiger partial charge in [-0.05, 0) is 19.1 Å². The van der Waals surface area contributed by atoms with Crippen LogP contribution in [0.2, 0.25) is 0 Å². The summed E-state index contributed by atoms with van der Waals surface area (Å²) in [5.41, 5.74) is 2.89. The lowest BCUT2D eigenvalue weighted by Crippen LogP contribution is -2.06. The number of carboxylic acid groups (broad SMARTS) is 1. The summed E-state index contributed by atoms with van der Waals surface area (Å²) < 4.78 is 1.53. The van der Waals surface area contributed by atoms with Crippen LogP contribution < -0.4 is 0 Å². The molecule has 0 radical (unpaired) electrons. The molecule has 0 fully saturated rings. The lowest BCUT2D eigenvalue weighted by Gasteiger charge is -2.01. The average molecular weight is 254 g/mol. The molecular formula is C13H10N4O2. The Hall–Kier alpha value is -2.76. The molecule has 0 bridgehead atoms. The zero-order valence-electron chi connectivity index (χ0n) is 10.1. The van der Waals surface area contributed by atoms with Crippen LogP contribution in [0.25, 0.3) is 16.9 Å². The molecule has 94 valence electrons. The predicted octanol–water partition coefficient (Wildman–Crippen LogP) is 1.80. The molecule has 0 saturated carbocycles. The van der Waals surface area contributed by atoms with E-state index in [-0.39, 0.29) is 5.56 Å². The first-order chi connectivity index (χ1) is 9.16. The highest BCUT2D eigenvalue weighted by Gasteiger charge is 2.13. The number of nitrogens with zero attached hydrogens (tertiary/aromatic N) is 4. The topological polar surface area (TPSA) is 80.4 Å². The van der Waals surface area contributed by atoms with Gasteiger partial charge >= 0.3 is 5.97 Å². The number of aryl methyl sites for hydroxylation is 1. The molecule has 0 atom stereocenters. The maximum Gasteiger partial charge on any atom is 0.339 e. The van der Waals surface area contributed by atoms with Crippen molar-refractivity contribution < 1.29 is 9.90 Å². The monoisotopic (exact) mass is 254 g/mol. The first kappa shape index (κ1) is 11.3. The van der Waals surface area contributed by atoms with Crippen molar-refractivity contribution in [3.05, 3.63) is 48.0 Å². The van der Waals surface area contributed by atoms with E-state index in [4.69, 9.17) is 5.11 Å². The van der Waals surface area contributed by atoms with E-state index < -0.39 is 5.97 Å². The van der Waals surface area contributed by atoms with Crippen molar-refractivity contribution in [2.45, 2.75) is 6.92 Å². The molecule has 3 aromatic rings. The lowest BCUT2D eigenvalue weighted by molar-refractivity contribution is 0.0695. The van der Waals surface area contributed by atoms with Crippen LogP contribution in [0, 0.1) is 6.92 Å². The molecular weight excluding hydrogens is 244 g/mol. The number of carboxylic acids is 1. The summed E-state index contributed by atoms with van der Waals surface area (Å²) in [7, 11) is 0. The van der Waals surface area contributed by atoms with Crippen molar-refractivity contribution in [3.63, 3.8) is 0 Å². The number of pyridine rings is 1. The summed E-state index contributed by atoms with van der Waals surface area (Å²) in [5.74, 6) is -1.01. The van der Waals surface area contributed by atoms with Gasteiger partial charge in [0.1, 0.15) is 0 Å². The normalized spacial score (nSPS) is 10.8. The largest absolute Gasteiger partial charge is 0.478 e. The van der Waals surface area contributed by atoms with Gasteiger partial charge in [-0.25, -0.2) is 14.3 Å². The van der Waals surface area contributed by atoms with Crippen molar-refractivity contribution in [3.8, 4) is 11.3 Å². The molecule has 3 aromatic heterocycles. The first-order valence-corrected chi connectivity index (χ1v) is 5.66. The van der Waals surface area contributed by atoms with E-state index in [1.54, 1.807) is 25.4 Å². The fraction of sp³-hybridized carbons (Fsp3) is 0.0769. The molecule has 0 aromatic carbocycles. The maximum absolute atomic E-state index is 11.1. The SMILES string of the molecule is Cc1c(C(=O)O)cnc2cc(-c3cccnc3)nn12. The van der Waals surface area contributed by atoms with Gasteiger partial charge in [-0.15, -0.1) is 0 Å². The summed E-state index contributed by atoms with van der Waals surface area (Å²) in [5, 5.41) is 13.4. The van der Waals surface area contributed by atoms with E-state index in [2.05, 4.69) is 15.1 Å². The van der Waals surface area contributed by atoms with Gasteiger partial charge < -0.3 is 5.11 Å². The Morgan fingerprint density at radius 2 is 2.21 bits per heavy atom. The second-order valence-electron chi connectivity index (χ2n) is 4.10. The molecule has 3 heterocycles. The molecule has 0 aliphatic heterocycles. The number of fused-ring (bicyclic) bond motifs is 1. The van der Waals surface area contributed by atoms with Gasteiger partial charge in [0.15, 0.2) is 5.65 Å². The molecule has 6 nitrogen and oxygen atoms in total. The molecule has 0 aliphatic carbocycles. The number of rotatable bonds is 2. The van der Waals surface area contributed by atoms with Gasteiger partial charge in [-0.2, -0.15) is 5.10 Å². The minimum Gasteiger partial charge on any atom is -0.478 e. The summed E-state index contributed by atoms with van der Waals surface area (Å²) in [6.45, 7) is 1.71. The van der Waals surface area contributed by atoms with Crippen molar-refractivity contribution in [1.29, 1.82) is 0 Å². The second-order valence-corrected chi connectivity index (χ2v) is 4.10. The van der Waals surface area contributed by atoms with Gasteiger partial charge in [0, 0.05) is 30.2 Å². The number of hydrogen-bond donors (Lipinski definition) is 1. The third-order valence-corrected chi connectivity index (χ3v) is 2.91. The lowest BCUT2D eigenvalue weighted by atomic mass is 10.2. The quantitative estimate of drug-likeness (QED) is 0.754. The number of aromatic carboxylic acids is 1. The van der Waals surface area contributed by atoms with Gasteiger partial charge in [-0.1, -0.05) is 0 Å². The highest BCUT2D eigenvalue weighted by Crippen LogP contribution is 2.19. The molecule has 3 rings (SSSR count). The van der Waals surface area contributed by atoms with Crippen molar-refractivity contribution in [2.24, 2.45) is 0 Å². The first-order valence-electron chi connectivity index (χ1n) is 5.66. The van der Waals surface area contributed by atoms with Crippen molar-refractivity contribution >= 4 is 11.6 Å². The molecule has 0 aliphatic rings. The van der Waals surface area contributed by atoms with Crippen LogP contribution in [0.4, 0.5) is 0 Å². The minimum absolute atomic E-state index is 0.147. The Morgan fingerprint density at radius 1 is 1.37 bits per heavy atom. The van der Waals surface area contributed by atoms with Crippen LogP contribution >= 0.6 is 0 Å². The molecule has 0 saturated heterocycles. The fourth-order valence-electron chi connectivity index (χ4n) is 1.91. The molecule has 1 N–H and O–H groups in total. The Bertz CT molecular complexity index is 765. The zero-order valence-corrected chi connectivity index (χ0v) is 10.1. The Labute approximate surface area is 108 Å². The maximum atomic E-state index is 11.1. The van der Waals surface area contributed by atoms with E-state index in [0.29, 0.717) is 17.0 Å². The van der Waals surface area contributed by atoms with Crippen LogP contribution in [-0.4, -0.2) is 30.7 Å². The highest BCUT2D eigenvalue weighted by molar-refractivity contribution is 5.88. The summed E-state index contributed by atoms with van der Waals surface area (Å²) in [6.07, 6.45) is 4.74. The predicted molar refractivity (Wildman–Crippen MR) is 67.9 cm³/mol. The number of carbonyl (C=O) groups is 1. The Balaban J connectivity index is 2.22. The molecule has 0 amide bonds. The Morgan fingerprint density at radius 3 is 2.89 bits per heavy atom. The summed E-state index contributed by atoms with van der Waals surface area (Å²) in [6, 6.07) is 5.51. The average Bonchev–Trinajstić information content (AvgIpc) is 2.85. The van der Waals surface area contributed by atoms with E-state index in [1.165, 1.54) is 10.7 Å². The van der Waals surface area contributed by atoms with Crippen LogP contribution in [0.3, 0.4) is 0 Å².